The number of nitrogens with one attached hydrogen (secondary N) is 1. The zero-order valence-corrected chi connectivity index (χ0v) is 14.0. The van der Waals surface area contributed by atoms with Crippen LogP contribution in [0.3, 0.4) is 0 Å². The van der Waals surface area contributed by atoms with Gasteiger partial charge in [0.05, 0.1) is 12.0 Å². The molecule has 2 aromatic carbocycles. The number of hydrogen-bond acceptors (Lipinski definition) is 2. The van der Waals surface area contributed by atoms with Crippen molar-refractivity contribution in [2.45, 2.75) is 36.7 Å². The zero-order valence-electron chi connectivity index (χ0n) is 14.0. The Morgan fingerprint density at radius 1 is 1.12 bits per heavy atom. The van der Waals surface area contributed by atoms with Gasteiger partial charge in [-0.05, 0) is 54.9 Å². The van der Waals surface area contributed by atoms with E-state index < -0.39 is 11.0 Å². The predicted molar refractivity (Wildman–Crippen MR) is 93.4 cm³/mol. The van der Waals surface area contributed by atoms with Crippen LogP contribution in [0.25, 0.3) is 0 Å². The maximum absolute atomic E-state index is 13.2. The number of amides is 1. The first kappa shape index (κ1) is 16.3. The molecular formula is C21H22FNO2. The van der Waals surface area contributed by atoms with Crippen molar-refractivity contribution >= 4 is 5.91 Å². The maximum atomic E-state index is 13.2. The molecule has 0 bridgehead atoms. The molecule has 25 heavy (non-hydrogen) atoms. The fourth-order valence-electron chi connectivity index (χ4n) is 3.69. The van der Waals surface area contributed by atoms with E-state index in [0.717, 1.165) is 36.8 Å². The molecule has 130 valence electrons. The number of rotatable bonds is 6. The van der Waals surface area contributed by atoms with Gasteiger partial charge in [0, 0.05) is 0 Å². The maximum Gasteiger partial charge on any atom is 0.230 e. The Kier molecular flexibility index (Phi) is 3.88. The molecule has 0 saturated heterocycles. The van der Waals surface area contributed by atoms with Crippen LogP contribution in [0.15, 0.2) is 54.6 Å². The molecule has 0 heterocycles. The van der Waals surface area contributed by atoms with Gasteiger partial charge in [0.15, 0.2) is 0 Å². The van der Waals surface area contributed by atoms with Crippen molar-refractivity contribution in [3.8, 4) is 0 Å². The summed E-state index contributed by atoms with van der Waals surface area (Å²) in [4.78, 5) is 12.8. The summed E-state index contributed by atoms with van der Waals surface area (Å²) in [5.74, 6) is -0.183. The lowest BCUT2D eigenvalue weighted by Gasteiger charge is -2.30. The molecule has 0 radical (unpaired) electrons. The van der Waals surface area contributed by atoms with Crippen molar-refractivity contribution in [2.75, 3.05) is 6.54 Å². The summed E-state index contributed by atoms with van der Waals surface area (Å²) in [5.41, 5.74) is 0.121. The molecule has 2 N–H and O–H groups in total. The predicted octanol–water partition coefficient (Wildman–Crippen LogP) is 3.27. The van der Waals surface area contributed by atoms with Gasteiger partial charge < -0.3 is 10.4 Å². The van der Waals surface area contributed by atoms with E-state index in [-0.39, 0.29) is 24.2 Å². The smallest absolute Gasteiger partial charge is 0.230 e. The van der Waals surface area contributed by atoms with E-state index in [9.17, 15) is 14.3 Å². The molecule has 0 aromatic heterocycles. The number of hydrogen-bond donors (Lipinski definition) is 2. The molecule has 0 aliphatic heterocycles. The molecular weight excluding hydrogens is 317 g/mol. The van der Waals surface area contributed by atoms with Crippen LogP contribution in [0.2, 0.25) is 0 Å². The molecule has 1 amide bonds. The summed E-state index contributed by atoms with van der Waals surface area (Å²) < 4.78 is 13.2. The van der Waals surface area contributed by atoms with Gasteiger partial charge in [0.2, 0.25) is 5.91 Å². The van der Waals surface area contributed by atoms with Crippen LogP contribution >= 0.6 is 0 Å². The number of benzene rings is 2. The molecule has 2 aliphatic rings. The van der Waals surface area contributed by atoms with E-state index in [1.807, 2.05) is 30.3 Å². The first-order valence-corrected chi connectivity index (χ1v) is 8.87. The molecule has 3 nitrogen and oxygen atoms in total. The van der Waals surface area contributed by atoms with E-state index in [0.29, 0.717) is 0 Å². The van der Waals surface area contributed by atoms with E-state index in [2.05, 4.69) is 5.32 Å². The quantitative estimate of drug-likeness (QED) is 0.849. The number of carbonyl (C=O) groups excluding carboxylic acids is 1. The van der Waals surface area contributed by atoms with Crippen molar-refractivity contribution in [2.24, 2.45) is 5.92 Å². The van der Waals surface area contributed by atoms with E-state index >= 15 is 0 Å². The van der Waals surface area contributed by atoms with E-state index in [1.54, 1.807) is 12.1 Å². The summed E-state index contributed by atoms with van der Waals surface area (Å²) in [6, 6.07) is 15.7. The summed E-state index contributed by atoms with van der Waals surface area (Å²) in [7, 11) is 0. The first-order valence-electron chi connectivity index (χ1n) is 8.87. The molecule has 4 rings (SSSR count). The Bertz CT molecular complexity index is 766. The second-order valence-corrected chi connectivity index (χ2v) is 7.34. The highest BCUT2D eigenvalue weighted by atomic mass is 19.1. The molecule has 1 unspecified atom stereocenters. The number of aliphatic hydroxyl groups is 1. The van der Waals surface area contributed by atoms with Crippen LogP contribution in [0.1, 0.15) is 36.8 Å². The van der Waals surface area contributed by atoms with Gasteiger partial charge in [-0.15, -0.1) is 0 Å². The molecule has 2 aromatic rings. The monoisotopic (exact) mass is 339 g/mol. The SMILES string of the molecule is O=C(NCC(O)(c1ccccc1)C1CC1)C1(c2ccc(F)cc2)CC1. The van der Waals surface area contributed by atoms with Crippen LogP contribution in [0, 0.1) is 11.7 Å². The number of carbonyl (C=O) groups is 1. The van der Waals surface area contributed by atoms with Gasteiger partial charge in [-0.2, -0.15) is 0 Å². The highest BCUT2D eigenvalue weighted by Gasteiger charge is 2.52. The molecule has 2 aliphatic carbocycles. The third-order valence-corrected chi connectivity index (χ3v) is 5.63. The number of halogens is 1. The van der Waals surface area contributed by atoms with Crippen LogP contribution < -0.4 is 5.32 Å². The van der Waals surface area contributed by atoms with Crippen LogP contribution in [0.5, 0.6) is 0 Å². The lowest BCUT2D eigenvalue weighted by Crippen LogP contribution is -2.45. The van der Waals surface area contributed by atoms with Crippen molar-refractivity contribution in [3.63, 3.8) is 0 Å². The zero-order chi connectivity index (χ0) is 17.5. The van der Waals surface area contributed by atoms with Crippen molar-refractivity contribution < 1.29 is 14.3 Å². The lowest BCUT2D eigenvalue weighted by atomic mass is 9.88. The van der Waals surface area contributed by atoms with Gasteiger partial charge in [-0.1, -0.05) is 42.5 Å². The summed E-state index contributed by atoms with van der Waals surface area (Å²) >= 11 is 0. The standard InChI is InChI=1S/C21H22FNO2/c22-18-10-8-15(9-11-18)20(12-13-20)19(24)23-14-21(25,17-6-7-17)16-4-2-1-3-5-16/h1-5,8-11,17,25H,6-7,12-14H2,(H,23,24). The molecule has 2 saturated carbocycles. The summed E-state index contributed by atoms with van der Waals surface area (Å²) in [5, 5.41) is 14.2. The fraction of sp³-hybridized carbons (Fsp3) is 0.381. The third-order valence-electron chi connectivity index (χ3n) is 5.63. The van der Waals surface area contributed by atoms with Crippen LogP contribution in [0.4, 0.5) is 4.39 Å². The minimum absolute atomic E-state index is 0.0749. The molecule has 4 heteroatoms. The molecule has 2 fully saturated rings. The summed E-state index contributed by atoms with van der Waals surface area (Å²) in [6.45, 7) is 0.212. The van der Waals surface area contributed by atoms with Crippen molar-refractivity contribution in [1.29, 1.82) is 0 Å². The Morgan fingerprint density at radius 2 is 1.76 bits per heavy atom. The average molecular weight is 339 g/mol. The first-order chi connectivity index (χ1) is 12.0. The van der Waals surface area contributed by atoms with Gasteiger partial charge in [0.1, 0.15) is 11.4 Å². The van der Waals surface area contributed by atoms with E-state index in [4.69, 9.17) is 0 Å². The Hall–Kier alpha value is -2.20. The van der Waals surface area contributed by atoms with Crippen molar-refractivity contribution in [3.05, 3.63) is 71.5 Å². The normalized spacial score (nSPS) is 20.6. The van der Waals surface area contributed by atoms with Gasteiger partial charge in [0.25, 0.3) is 0 Å². The van der Waals surface area contributed by atoms with E-state index in [1.165, 1.54) is 12.1 Å². The highest BCUT2D eigenvalue weighted by molar-refractivity contribution is 5.91. The topological polar surface area (TPSA) is 49.3 Å². The Morgan fingerprint density at radius 3 is 2.32 bits per heavy atom. The van der Waals surface area contributed by atoms with Crippen LogP contribution in [-0.4, -0.2) is 17.6 Å². The van der Waals surface area contributed by atoms with Gasteiger partial charge in [-0.3, -0.25) is 4.79 Å². The molecule has 0 spiro atoms. The Balaban J connectivity index is 1.50. The Labute approximate surface area is 146 Å². The van der Waals surface area contributed by atoms with Crippen molar-refractivity contribution in [1.82, 2.24) is 5.32 Å². The second-order valence-electron chi connectivity index (χ2n) is 7.34. The summed E-state index contributed by atoms with van der Waals surface area (Å²) in [6.07, 6.45) is 3.48. The molecule has 1 atom stereocenters. The van der Waals surface area contributed by atoms with Gasteiger partial charge in [-0.25, -0.2) is 4.39 Å². The highest BCUT2D eigenvalue weighted by Crippen LogP contribution is 2.49. The minimum atomic E-state index is -1.02. The van der Waals surface area contributed by atoms with Gasteiger partial charge >= 0.3 is 0 Å². The largest absolute Gasteiger partial charge is 0.383 e. The average Bonchev–Trinajstić information content (AvgIpc) is 3.53. The second kappa shape index (κ2) is 5.95. The third kappa shape index (κ3) is 2.95. The fourth-order valence-corrected chi connectivity index (χ4v) is 3.69. The lowest BCUT2D eigenvalue weighted by molar-refractivity contribution is -0.125. The minimum Gasteiger partial charge on any atom is -0.383 e. The van der Waals surface area contributed by atoms with Crippen LogP contribution in [-0.2, 0) is 15.8 Å².